The summed E-state index contributed by atoms with van der Waals surface area (Å²) in [4.78, 5) is 33.6. The molecule has 26 heavy (non-hydrogen) atoms. The smallest absolute Gasteiger partial charge is 0.315 e. The molecule has 1 aliphatic heterocycles. The van der Waals surface area contributed by atoms with Gasteiger partial charge in [0, 0.05) is 26.1 Å². The van der Waals surface area contributed by atoms with Crippen LogP contribution in [0.15, 0.2) is 24.3 Å². The van der Waals surface area contributed by atoms with Crippen LogP contribution < -0.4 is 10.6 Å². The van der Waals surface area contributed by atoms with Crippen LogP contribution >= 0.6 is 0 Å². The molecule has 1 unspecified atom stereocenters. The van der Waals surface area contributed by atoms with Crippen LogP contribution in [0.25, 0.3) is 11.0 Å². The number of aromatic nitrogens is 2. The molecule has 0 saturated carbocycles. The summed E-state index contributed by atoms with van der Waals surface area (Å²) in [6.45, 7) is 3.99. The number of hydrogen-bond acceptors (Lipinski definition) is 3. The fraction of sp³-hybridized carbons (Fsp3) is 0.526. The third kappa shape index (κ3) is 4.74. The Morgan fingerprint density at radius 1 is 1.31 bits per heavy atom. The standard InChI is InChI=1S/C19H27N5O2/c1-14(18-22-15-8-4-5-9-16(15)23-18)21-19(26)20-11-7-13-24-12-6-2-3-10-17(24)25/h4-5,8-9,14H,2-3,6-7,10-13H2,1H3,(H,22,23)(H2,20,21,26). The predicted octanol–water partition coefficient (Wildman–Crippen LogP) is 2.72. The number of carbonyl (C=O) groups is 2. The number of carbonyl (C=O) groups excluding carboxylic acids is 2. The van der Waals surface area contributed by atoms with Crippen LogP contribution in [0.3, 0.4) is 0 Å². The van der Waals surface area contributed by atoms with Crippen molar-refractivity contribution in [2.75, 3.05) is 19.6 Å². The maximum Gasteiger partial charge on any atom is 0.315 e. The van der Waals surface area contributed by atoms with Gasteiger partial charge in [0.2, 0.25) is 5.91 Å². The second-order valence-electron chi connectivity index (χ2n) is 6.81. The summed E-state index contributed by atoms with van der Waals surface area (Å²) in [7, 11) is 0. The molecule has 1 saturated heterocycles. The lowest BCUT2D eigenvalue weighted by atomic mass is 10.2. The molecule has 7 nitrogen and oxygen atoms in total. The number of urea groups is 1. The minimum atomic E-state index is -0.222. The average Bonchev–Trinajstić information content (AvgIpc) is 2.97. The highest BCUT2D eigenvalue weighted by atomic mass is 16.2. The van der Waals surface area contributed by atoms with Crippen molar-refractivity contribution in [1.29, 1.82) is 0 Å². The van der Waals surface area contributed by atoms with Crippen molar-refractivity contribution >= 4 is 23.0 Å². The molecule has 0 bridgehead atoms. The molecule has 0 aliphatic carbocycles. The lowest BCUT2D eigenvalue weighted by Crippen LogP contribution is -2.39. The quantitative estimate of drug-likeness (QED) is 0.694. The number of nitrogens with one attached hydrogen (secondary N) is 3. The van der Waals surface area contributed by atoms with E-state index in [4.69, 9.17) is 0 Å². The molecule has 1 atom stereocenters. The van der Waals surface area contributed by atoms with Gasteiger partial charge in [-0.3, -0.25) is 4.79 Å². The number of benzene rings is 1. The van der Waals surface area contributed by atoms with Crippen molar-refractivity contribution < 1.29 is 9.59 Å². The molecular formula is C19H27N5O2. The van der Waals surface area contributed by atoms with E-state index < -0.39 is 0 Å². The Balaban J connectivity index is 1.40. The molecule has 0 radical (unpaired) electrons. The van der Waals surface area contributed by atoms with Gasteiger partial charge in [-0.05, 0) is 38.3 Å². The third-order valence-electron chi connectivity index (χ3n) is 4.73. The average molecular weight is 357 g/mol. The van der Waals surface area contributed by atoms with Crippen molar-refractivity contribution in [3.63, 3.8) is 0 Å². The van der Waals surface area contributed by atoms with Crippen LogP contribution in [-0.2, 0) is 4.79 Å². The van der Waals surface area contributed by atoms with Crippen LogP contribution in [0.4, 0.5) is 4.79 Å². The van der Waals surface area contributed by atoms with Gasteiger partial charge < -0.3 is 20.5 Å². The van der Waals surface area contributed by atoms with Crippen LogP contribution in [0.2, 0.25) is 0 Å². The van der Waals surface area contributed by atoms with E-state index in [1.54, 1.807) is 0 Å². The molecular weight excluding hydrogens is 330 g/mol. The Hall–Kier alpha value is -2.57. The van der Waals surface area contributed by atoms with Gasteiger partial charge in [-0.25, -0.2) is 9.78 Å². The van der Waals surface area contributed by atoms with Gasteiger partial charge in [0.25, 0.3) is 0 Å². The molecule has 7 heteroatoms. The van der Waals surface area contributed by atoms with Crippen molar-refractivity contribution in [1.82, 2.24) is 25.5 Å². The number of para-hydroxylation sites is 2. The molecule has 1 aliphatic rings. The van der Waals surface area contributed by atoms with Gasteiger partial charge in [-0.2, -0.15) is 0 Å². The lowest BCUT2D eigenvalue weighted by Gasteiger charge is -2.20. The van der Waals surface area contributed by atoms with E-state index in [1.807, 2.05) is 36.1 Å². The van der Waals surface area contributed by atoms with E-state index >= 15 is 0 Å². The van der Waals surface area contributed by atoms with Crippen LogP contribution in [0, 0.1) is 0 Å². The number of hydrogen-bond donors (Lipinski definition) is 3. The topological polar surface area (TPSA) is 90.1 Å². The summed E-state index contributed by atoms with van der Waals surface area (Å²) in [6, 6.07) is 7.35. The van der Waals surface area contributed by atoms with Gasteiger partial charge in [0.1, 0.15) is 5.82 Å². The van der Waals surface area contributed by atoms with E-state index in [9.17, 15) is 9.59 Å². The van der Waals surface area contributed by atoms with Crippen molar-refractivity contribution in [3.05, 3.63) is 30.1 Å². The van der Waals surface area contributed by atoms with E-state index in [1.165, 1.54) is 0 Å². The first-order chi connectivity index (χ1) is 12.6. The highest BCUT2D eigenvalue weighted by Gasteiger charge is 2.16. The Bertz CT molecular complexity index is 724. The number of H-pyrrole nitrogens is 1. The summed E-state index contributed by atoms with van der Waals surface area (Å²) in [6.07, 6.45) is 4.62. The second kappa shape index (κ2) is 8.69. The molecule has 1 aromatic heterocycles. The monoisotopic (exact) mass is 357 g/mol. The molecule has 3 amide bonds. The van der Waals surface area contributed by atoms with Gasteiger partial charge in [-0.15, -0.1) is 0 Å². The maximum absolute atomic E-state index is 12.1. The molecule has 3 rings (SSSR count). The Kier molecular flexibility index (Phi) is 6.09. The Morgan fingerprint density at radius 2 is 2.15 bits per heavy atom. The van der Waals surface area contributed by atoms with Gasteiger partial charge in [0.15, 0.2) is 0 Å². The molecule has 1 aromatic carbocycles. The van der Waals surface area contributed by atoms with E-state index in [-0.39, 0.29) is 18.0 Å². The van der Waals surface area contributed by atoms with Crippen molar-refractivity contribution in [2.45, 2.75) is 45.1 Å². The fourth-order valence-electron chi connectivity index (χ4n) is 3.24. The summed E-state index contributed by atoms with van der Waals surface area (Å²) in [5.74, 6) is 0.974. The number of imidazole rings is 1. The zero-order valence-electron chi connectivity index (χ0n) is 15.3. The zero-order chi connectivity index (χ0) is 18.4. The predicted molar refractivity (Wildman–Crippen MR) is 101 cm³/mol. The molecule has 2 aromatic rings. The van der Waals surface area contributed by atoms with Crippen molar-refractivity contribution in [2.24, 2.45) is 0 Å². The van der Waals surface area contributed by atoms with Crippen molar-refractivity contribution in [3.8, 4) is 0 Å². The molecule has 140 valence electrons. The minimum Gasteiger partial charge on any atom is -0.343 e. The molecule has 3 N–H and O–H groups in total. The number of fused-ring (bicyclic) bond motifs is 1. The first-order valence-electron chi connectivity index (χ1n) is 9.40. The van der Waals surface area contributed by atoms with Gasteiger partial charge >= 0.3 is 6.03 Å². The SMILES string of the molecule is CC(NC(=O)NCCCN1CCCCCC1=O)c1nc2ccccc2[nH]1. The third-order valence-corrected chi connectivity index (χ3v) is 4.73. The lowest BCUT2D eigenvalue weighted by molar-refractivity contribution is -0.130. The summed E-state index contributed by atoms with van der Waals surface area (Å²) in [5, 5.41) is 5.75. The molecule has 2 heterocycles. The minimum absolute atomic E-state index is 0.213. The number of nitrogens with zero attached hydrogens (tertiary/aromatic N) is 2. The molecule has 0 spiro atoms. The molecule has 1 fully saturated rings. The van der Waals surface area contributed by atoms with Gasteiger partial charge in [0.05, 0.1) is 17.1 Å². The van der Waals surface area contributed by atoms with Crippen LogP contribution in [0.1, 0.15) is 50.9 Å². The number of rotatable bonds is 6. The first-order valence-corrected chi connectivity index (χ1v) is 9.40. The normalized spacial score (nSPS) is 16.3. The highest BCUT2D eigenvalue weighted by molar-refractivity contribution is 5.77. The van der Waals surface area contributed by atoms with E-state index in [0.29, 0.717) is 19.5 Å². The zero-order valence-corrected chi connectivity index (χ0v) is 15.3. The Labute approximate surface area is 153 Å². The second-order valence-corrected chi connectivity index (χ2v) is 6.81. The Morgan fingerprint density at radius 3 is 3.00 bits per heavy atom. The number of amides is 3. The number of aromatic amines is 1. The number of likely N-dealkylation sites (tertiary alicyclic amines) is 1. The largest absolute Gasteiger partial charge is 0.343 e. The fourth-order valence-corrected chi connectivity index (χ4v) is 3.24. The summed E-state index contributed by atoms with van der Waals surface area (Å²) >= 11 is 0. The van der Waals surface area contributed by atoms with Crippen LogP contribution in [0.5, 0.6) is 0 Å². The van der Waals surface area contributed by atoms with E-state index in [0.717, 1.165) is 49.1 Å². The first kappa shape index (κ1) is 18.2. The van der Waals surface area contributed by atoms with Crippen LogP contribution in [-0.4, -0.2) is 46.4 Å². The summed E-state index contributed by atoms with van der Waals surface area (Å²) < 4.78 is 0. The maximum atomic E-state index is 12.1. The summed E-state index contributed by atoms with van der Waals surface area (Å²) in [5.41, 5.74) is 1.84. The van der Waals surface area contributed by atoms with E-state index in [2.05, 4.69) is 20.6 Å². The highest BCUT2D eigenvalue weighted by Crippen LogP contribution is 2.15. The van der Waals surface area contributed by atoms with Gasteiger partial charge in [-0.1, -0.05) is 18.6 Å².